The van der Waals surface area contributed by atoms with Gasteiger partial charge in [0.05, 0.1) is 23.3 Å². The van der Waals surface area contributed by atoms with Crippen molar-refractivity contribution in [3.8, 4) is 11.5 Å². The Labute approximate surface area is 138 Å². The fourth-order valence-corrected chi connectivity index (χ4v) is 2.73. The van der Waals surface area contributed by atoms with E-state index in [2.05, 4.69) is 15.3 Å². The van der Waals surface area contributed by atoms with Gasteiger partial charge in [0.15, 0.2) is 11.5 Å². The number of hydrogen-bond acceptors (Lipinski definition) is 6. The Kier molecular flexibility index (Phi) is 4.66. The normalized spacial score (nSPS) is 12.8. The van der Waals surface area contributed by atoms with E-state index in [1.54, 1.807) is 24.4 Å². The van der Waals surface area contributed by atoms with Crippen molar-refractivity contribution in [2.45, 2.75) is 18.9 Å². The number of benzene rings is 1. The SMILES string of the molecule is Cc1ncc(SCC(=O)Nc2ccc3c(c2)OCCO3)nc1C. The number of nitrogens with zero attached hydrogens (tertiary/aromatic N) is 2. The molecule has 1 aromatic heterocycles. The van der Waals surface area contributed by atoms with Crippen LogP contribution < -0.4 is 14.8 Å². The molecular weight excluding hydrogens is 314 g/mol. The molecule has 0 unspecified atom stereocenters. The summed E-state index contributed by atoms with van der Waals surface area (Å²) in [7, 11) is 0. The molecule has 0 saturated heterocycles. The molecule has 0 fully saturated rings. The lowest BCUT2D eigenvalue weighted by Crippen LogP contribution is -2.17. The minimum Gasteiger partial charge on any atom is -0.486 e. The lowest BCUT2D eigenvalue weighted by atomic mass is 10.2. The van der Waals surface area contributed by atoms with Gasteiger partial charge in [0, 0.05) is 11.8 Å². The summed E-state index contributed by atoms with van der Waals surface area (Å²) in [5.74, 6) is 1.52. The molecule has 1 aliphatic rings. The zero-order valence-electron chi connectivity index (χ0n) is 13.0. The van der Waals surface area contributed by atoms with Gasteiger partial charge in [0.1, 0.15) is 18.2 Å². The van der Waals surface area contributed by atoms with Gasteiger partial charge < -0.3 is 14.8 Å². The number of nitrogens with one attached hydrogen (secondary N) is 1. The number of anilines is 1. The number of aromatic nitrogens is 2. The molecule has 0 spiro atoms. The van der Waals surface area contributed by atoms with E-state index in [9.17, 15) is 4.79 Å². The van der Waals surface area contributed by atoms with Crippen LogP contribution in [0.5, 0.6) is 11.5 Å². The van der Waals surface area contributed by atoms with E-state index in [0.29, 0.717) is 30.4 Å². The minimum atomic E-state index is -0.105. The summed E-state index contributed by atoms with van der Waals surface area (Å²) in [6, 6.07) is 5.37. The van der Waals surface area contributed by atoms with Crippen LogP contribution in [0.25, 0.3) is 0 Å². The summed E-state index contributed by atoms with van der Waals surface area (Å²) < 4.78 is 11.0. The average Bonchev–Trinajstić information content (AvgIpc) is 2.56. The fraction of sp³-hybridized carbons (Fsp3) is 0.312. The van der Waals surface area contributed by atoms with Crippen LogP contribution in [0.1, 0.15) is 11.4 Å². The second-order valence-electron chi connectivity index (χ2n) is 5.07. The van der Waals surface area contributed by atoms with Crippen LogP contribution in [0.4, 0.5) is 5.69 Å². The summed E-state index contributed by atoms with van der Waals surface area (Å²) in [5.41, 5.74) is 2.46. The number of aryl methyl sites for hydroxylation is 2. The number of rotatable bonds is 4. The monoisotopic (exact) mass is 331 g/mol. The lowest BCUT2D eigenvalue weighted by Gasteiger charge is -2.18. The van der Waals surface area contributed by atoms with E-state index in [0.717, 1.165) is 16.4 Å². The second-order valence-corrected chi connectivity index (χ2v) is 6.07. The molecule has 0 aliphatic carbocycles. The van der Waals surface area contributed by atoms with Gasteiger partial charge in [-0.15, -0.1) is 0 Å². The van der Waals surface area contributed by atoms with Crippen LogP contribution in [-0.4, -0.2) is 34.8 Å². The highest BCUT2D eigenvalue weighted by atomic mass is 32.2. The Balaban J connectivity index is 1.57. The molecule has 6 nitrogen and oxygen atoms in total. The first-order chi connectivity index (χ1) is 11.1. The van der Waals surface area contributed by atoms with Gasteiger partial charge in [-0.25, -0.2) is 4.98 Å². The quantitative estimate of drug-likeness (QED) is 0.868. The number of ether oxygens (including phenoxy) is 2. The number of carbonyl (C=O) groups is 1. The molecule has 7 heteroatoms. The van der Waals surface area contributed by atoms with Gasteiger partial charge in [-0.2, -0.15) is 0 Å². The first kappa shape index (κ1) is 15.6. The molecule has 23 heavy (non-hydrogen) atoms. The first-order valence-electron chi connectivity index (χ1n) is 7.24. The van der Waals surface area contributed by atoms with Crippen molar-refractivity contribution < 1.29 is 14.3 Å². The number of carbonyl (C=O) groups excluding carboxylic acids is 1. The molecule has 2 heterocycles. The Hall–Kier alpha value is -2.28. The van der Waals surface area contributed by atoms with Gasteiger partial charge in [-0.3, -0.25) is 9.78 Å². The number of hydrogen-bond donors (Lipinski definition) is 1. The highest BCUT2D eigenvalue weighted by Crippen LogP contribution is 2.32. The number of amides is 1. The average molecular weight is 331 g/mol. The van der Waals surface area contributed by atoms with Crippen LogP contribution >= 0.6 is 11.8 Å². The van der Waals surface area contributed by atoms with Crippen LogP contribution in [0.2, 0.25) is 0 Å². The zero-order chi connectivity index (χ0) is 16.2. The molecule has 0 radical (unpaired) electrons. The first-order valence-corrected chi connectivity index (χ1v) is 8.23. The lowest BCUT2D eigenvalue weighted by molar-refractivity contribution is -0.113. The Morgan fingerprint density at radius 3 is 2.78 bits per heavy atom. The predicted octanol–water partition coefficient (Wildman–Crippen LogP) is 2.60. The summed E-state index contributed by atoms with van der Waals surface area (Å²) in [6.07, 6.45) is 1.68. The molecule has 0 bridgehead atoms. The molecule has 1 N–H and O–H groups in total. The van der Waals surface area contributed by atoms with Crippen molar-refractivity contribution in [3.05, 3.63) is 35.8 Å². The maximum atomic E-state index is 12.1. The summed E-state index contributed by atoms with van der Waals surface area (Å²) >= 11 is 1.36. The number of thioether (sulfide) groups is 1. The Bertz CT molecular complexity index is 737. The fourth-order valence-electron chi connectivity index (χ4n) is 2.05. The number of fused-ring (bicyclic) bond motifs is 1. The van der Waals surface area contributed by atoms with Gasteiger partial charge >= 0.3 is 0 Å². The van der Waals surface area contributed by atoms with Gasteiger partial charge in [-0.1, -0.05) is 11.8 Å². The minimum absolute atomic E-state index is 0.105. The maximum absolute atomic E-state index is 12.1. The summed E-state index contributed by atoms with van der Waals surface area (Å²) in [5, 5.41) is 3.59. The molecule has 1 aromatic carbocycles. The molecule has 0 atom stereocenters. The van der Waals surface area contributed by atoms with Crippen LogP contribution in [0, 0.1) is 13.8 Å². The maximum Gasteiger partial charge on any atom is 0.234 e. The summed E-state index contributed by atoms with van der Waals surface area (Å²) in [6.45, 7) is 4.88. The molecule has 1 aliphatic heterocycles. The van der Waals surface area contributed by atoms with E-state index in [1.807, 2.05) is 13.8 Å². The molecule has 1 amide bonds. The van der Waals surface area contributed by atoms with E-state index >= 15 is 0 Å². The third-order valence-corrected chi connectivity index (χ3v) is 4.25. The second kappa shape index (κ2) is 6.87. The third-order valence-electron chi connectivity index (χ3n) is 3.35. The van der Waals surface area contributed by atoms with Crippen molar-refractivity contribution in [2.75, 3.05) is 24.3 Å². The van der Waals surface area contributed by atoms with Crippen LogP contribution in [-0.2, 0) is 4.79 Å². The zero-order valence-corrected chi connectivity index (χ0v) is 13.8. The van der Waals surface area contributed by atoms with E-state index < -0.39 is 0 Å². The molecule has 120 valence electrons. The molecular formula is C16H17N3O3S. The molecule has 2 aromatic rings. The highest BCUT2D eigenvalue weighted by Gasteiger charge is 2.13. The molecule has 0 saturated carbocycles. The van der Waals surface area contributed by atoms with E-state index in [1.165, 1.54) is 11.8 Å². The van der Waals surface area contributed by atoms with Crippen molar-refractivity contribution in [3.63, 3.8) is 0 Å². The van der Waals surface area contributed by atoms with E-state index in [-0.39, 0.29) is 11.7 Å². The Morgan fingerprint density at radius 1 is 1.22 bits per heavy atom. The molecule has 3 rings (SSSR count). The van der Waals surface area contributed by atoms with Crippen LogP contribution in [0.3, 0.4) is 0 Å². The third kappa shape index (κ3) is 3.92. The van der Waals surface area contributed by atoms with Crippen molar-refractivity contribution >= 4 is 23.4 Å². The smallest absolute Gasteiger partial charge is 0.234 e. The summed E-state index contributed by atoms with van der Waals surface area (Å²) in [4.78, 5) is 20.7. The Morgan fingerprint density at radius 2 is 2.00 bits per heavy atom. The van der Waals surface area contributed by atoms with Crippen molar-refractivity contribution in [1.82, 2.24) is 9.97 Å². The topological polar surface area (TPSA) is 73.3 Å². The van der Waals surface area contributed by atoms with Crippen molar-refractivity contribution in [1.29, 1.82) is 0 Å². The highest BCUT2D eigenvalue weighted by molar-refractivity contribution is 7.99. The largest absolute Gasteiger partial charge is 0.486 e. The van der Waals surface area contributed by atoms with Gasteiger partial charge in [0.2, 0.25) is 5.91 Å². The van der Waals surface area contributed by atoms with Crippen molar-refractivity contribution in [2.24, 2.45) is 0 Å². The predicted molar refractivity (Wildman–Crippen MR) is 88.3 cm³/mol. The van der Waals surface area contributed by atoms with Crippen LogP contribution in [0.15, 0.2) is 29.4 Å². The standard InChI is InChI=1S/C16H17N3O3S/c1-10-11(2)18-16(8-17-10)23-9-15(20)19-12-3-4-13-14(7-12)22-6-5-21-13/h3-4,7-8H,5-6,9H2,1-2H3,(H,19,20). The van der Waals surface area contributed by atoms with Gasteiger partial charge in [0.25, 0.3) is 0 Å². The van der Waals surface area contributed by atoms with E-state index in [4.69, 9.17) is 9.47 Å². The van der Waals surface area contributed by atoms with Gasteiger partial charge in [-0.05, 0) is 26.0 Å².